The van der Waals surface area contributed by atoms with E-state index in [1.807, 2.05) is 24.3 Å². The van der Waals surface area contributed by atoms with Crippen molar-refractivity contribution >= 4 is 27.7 Å². The molecule has 1 atom stereocenters. The molecule has 7 heteroatoms. The maximum absolute atomic E-state index is 12.9. The van der Waals surface area contributed by atoms with Crippen LogP contribution in [0.25, 0.3) is 0 Å². The SMILES string of the molecule is O=C(NCc1ccnc(OC2CCCCC2)c1)C1CCCN1C(=O)c1ccc(Br)cc1. The first-order valence-electron chi connectivity index (χ1n) is 11.1. The smallest absolute Gasteiger partial charge is 0.254 e. The number of carbonyl (C=O) groups excluding carboxylic acids is 2. The predicted octanol–water partition coefficient (Wildman–Crippen LogP) is 4.48. The molecular weight excluding hydrogens is 458 g/mol. The van der Waals surface area contributed by atoms with Gasteiger partial charge in [0.25, 0.3) is 5.91 Å². The average molecular weight is 486 g/mol. The van der Waals surface area contributed by atoms with Crippen molar-refractivity contribution in [2.24, 2.45) is 0 Å². The Bertz CT molecular complexity index is 913. The number of nitrogens with zero attached hydrogens (tertiary/aromatic N) is 2. The molecule has 2 aliphatic rings. The van der Waals surface area contributed by atoms with E-state index in [0.717, 1.165) is 29.3 Å². The van der Waals surface area contributed by atoms with E-state index in [1.165, 1.54) is 19.3 Å². The summed E-state index contributed by atoms with van der Waals surface area (Å²) >= 11 is 3.39. The Hall–Kier alpha value is -2.41. The molecule has 6 nitrogen and oxygen atoms in total. The van der Waals surface area contributed by atoms with Gasteiger partial charge in [-0.1, -0.05) is 22.4 Å². The monoisotopic (exact) mass is 485 g/mol. The van der Waals surface area contributed by atoms with Crippen LogP contribution < -0.4 is 10.1 Å². The van der Waals surface area contributed by atoms with Crippen LogP contribution in [-0.2, 0) is 11.3 Å². The molecule has 1 N–H and O–H groups in total. The molecule has 0 radical (unpaired) electrons. The molecule has 1 aromatic carbocycles. The number of hydrogen-bond donors (Lipinski definition) is 1. The van der Waals surface area contributed by atoms with Gasteiger partial charge in [0.15, 0.2) is 0 Å². The highest BCUT2D eigenvalue weighted by Gasteiger charge is 2.34. The van der Waals surface area contributed by atoms with Crippen molar-refractivity contribution < 1.29 is 14.3 Å². The Morgan fingerprint density at radius 3 is 2.61 bits per heavy atom. The van der Waals surface area contributed by atoms with Gasteiger partial charge in [0.05, 0.1) is 0 Å². The molecule has 4 rings (SSSR count). The fourth-order valence-corrected chi connectivity index (χ4v) is 4.59. The van der Waals surface area contributed by atoms with Crippen molar-refractivity contribution in [1.82, 2.24) is 15.2 Å². The maximum Gasteiger partial charge on any atom is 0.254 e. The minimum absolute atomic E-state index is 0.0998. The fourth-order valence-electron chi connectivity index (χ4n) is 4.33. The first-order valence-corrected chi connectivity index (χ1v) is 11.9. The highest BCUT2D eigenvalue weighted by Crippen LogP contribution is 2.23. The fraction of sp³-hybridized carbons (Fsp3) is 0.458. The van der Waals surface area contributed by atoms with Crippen molar-refractivity contribution in [3.8, 4) is 5.88 Å². The summed E-state index contributed by atoms with van der Waals surface area (Å²) < 4.78 is 6.95. The van der Waals surface area contributed by atoms with E-state index in [2.05, 4.69) is 26.2 Å². The number of benzene rings is 1. The Kier molecular flexibility index (Phi) is 7.22. The van der Waals surface area contributed by atoms with Crippen LogP contribution >= 0.6 is 15.9 Å². The summed E-state index contributed by atoms with van der Waals surface area (Å²) in [5.41, 5.74) is 1.54. The van der Waals surface area contributed by atoms with Crippen LogP contribution in [0.5, 0.6) is 5.88 Å². The predicted molar refractivity (Wildman–Crippen MR) is 122 cm³/mol. The zero-order valence-electron chi connectivity index (χ0n) is 17.6. The molecular formula is C24H28BrN3O3. The molecule has 2 aromatic rings. The zero-order valence-corrected chi connectivity index (χ0v) is 19.1. The van der Waals surface area contributed by atoms with Crippen LogP contribution in [0.2, 0.25) is 0 Å². The van der Waals surface area contributed by atoms with Gasteiger partial charge in [-0.3, -0.25) is 9.59 Å². The maximum atomic E-state index is 12.9. The van der Waals surface area contributed by atoms with Gasteiger partial charge in [-0.15, -0.1) is 0 Å². The van der Waals surface area contributed by atoms with E-state index in [1.54, 1.807) is 23.2 Å². The van der Waals surface area contributed by atoms with Gasteiger partial charge < -0.3 is 15.0 Å². The van der Waals surface area contributed by atoms with Gasteiger partial charge in [-0.05, 0) is 74.4 Å². The molecule has 2 heterocycles. The van der Waals surface area contributed by atoms with Gasteiger partial charge in [0, 0.05) is 35.4 Å². The van der Waals surface area contributed by atoms with E-state index in [-0.39, 0.29) is 17.9 Å². The Morgan fingerprint density at radius 2 is 1.84 bits per heavy atom. The molecule has 2 fully saturated rings. The van der Waals surface area contributed by atoms with Crippen LogP contribution in [0, 0.1) is 0 Å². The molecule has 1 saturated carbocycles. The lowest BCUT2D eigenvalue weighted by Gasteiger charge is -2.24. The van der Waals surface area contributed by atoms with E-state index in [4.69, 9.17) is 4.74 Å². The third-order valence-corrected chi connectivity index (χ3v) is 6.54. The quantitative estimate of drug-likeness (QED) is 0.654. The van der Waals surface area contributed by atoms with E-state index in [0.29, 0.717) is 31.0 Å². The van der Waals surface area contributed by atoms with Crippen LogP contribution in [0.3, 0.4) is 0 Å². The van der Waals surface area contributed by atoms with Crippen molar-refractivity contribution in [3.05, 3.63) is 58.2 Å². The van der Waals surface area contributed by atoms with Gasteiger partial charge >= 0.3 is 0 Å². The Labute approximate surface area is 191 Å². The molecule has 2 amide bonds. The van der Waals surface area contributed by atoms with Gasteiger partial charge in [0.2, 0.25) is 11.8 Å². The van der Waals surface area contributed by atoms with Crippen molar-refractivity contribution in [3.63, 3.8) is 0 Å². The summed E-state index contributed by atoms with van der Waals surface area (Å²) in [6, 6.07) is 10.6. The summed E-state index contributed by atoms with van der Waals surface area (Å²) in [7, 11) is 0. The van der Waals surface area contributed by atoms with Crippen molar-refractivity contribution in [2.75, 3.05) is 6.54 Å². The lowest BCUT2D eigenvalue weighted by molar-refractivity contribution is -0.125. The van der Waals surface area contributed by atoms with Gasteiger partial charge in [-0.25, -0.2) is 4.98 Å². The molecule has 0 spiro atoms. The number of halogens is 1. The second-order valence-electron chi connectivity index (χ2n) is 8.26. The van der Waals surface area contributed by atoms with Crippen LogP contribution in [-0.4, -0.2) is 40.4 Å². The number of aromatic nitrogens is 1. The molecule has 1 unspecified atom stereocenters. The van der Waals surface area contributed by atoms with E-state index < -0.39 is 6.04 Å². The van der Waals surface area contributed by atoms with Crippen LogP contribution in [0.1, 0.15) is 60.9 Å². The number of carbonyl (C=O) groups is 2. The molecule has 1 aliphatic heterocycles. The molecule has 1 aromatic heterocycles. The number of ether oxygens (including phenoxy) is 1. The highest BCUT2D eigenvalue weighted by atomic mass is 79.9. The summed E-state index contributed by atoms with van der Waals surface area (Å²) in [5.74, 6) is 0.401. The standard InChI is InChI=1S/C24H28BrN3O3/c25-19-10-8-18(9-11-19)24(30)28-14-4-7-21(28)23(29)27-16-17-12-13-26-22(15-17)31-20-5-2-1-3-6-20/h8-13,15,20-21H,1-7,14,16H2,(H,27,29). The molecule has 31 heavy (non-hydrogen) atoms. The van der Waals surface area contributed by atoms with Crippen LogP contribution in [0.15, 0.2) is 47.1 Å². The number of nitrogens with one attached hydrogen (secondary N) is 1. The molecule has 164 valence electrons. The minimum Gasteiger partial charge on any atom is -0.474 e. The summed E-state index contributed by atoms with van der Waals surface area (Å²) in [5, 5.41) is 2.99. The number of hydrogen-bond acceptors (Lipinski definition) is 4. The lowest BCUT2D eigenvalue weighted by atomic mass is 9.98. The highest BCUT2D eigenvalue weighted by molar-refractivity contribution is 9.10. The number of likely N-dealkylation sites (tertiary alicyclic amines) is 1. The zero-order chi connectivity index (χ0) is 21.6. The molecule has 1 aliphatic carbocycles. The van der Waals surface area contributed by atoms with Gasteiger partial charge in [0.1, 0.15) is 12.1 Å². The van der Waals surface area contributed by atoms with Crippen molar-refractivity contribution in [1.29, 1.82) is 0 Å². The Balaban J connectivity index is 1.34. The number of amides is 2. The third-order valence-electron chi connectivity index (χ3n) is 6.01. The normalized spacial score (nSPS) is 19.3. The average Bonchev–Trinajstić information content (AvgIpc) is 3.29. The van der Waals surface area contributed by atoms with E-state index >= 15 is 0 Å². The first kappa shape index (κ1) is 21.8. The second kappa shape index (κ2) is 10.3. The van der Waals surface area contributed by atoms with Gasteiger partial charge in [-0.2, -0.15) is 0 Å². The van der Waals surface area contributed by atoms with Crippen LogP contribution in [0.4, 0.5) is 0 Å². The van der Waals surface area contributed by atoms with Crippen molar-refractivity contribution in [2.45, 2.75) is 63.6 Å². The van der Waals surface area contributed by atoms with E-state index in [9.17, 15) is 9.59 Å². The lowest BCUT2D eigenvalue weighted by Crippen LogP contribution is -2.45. The summed E-state index contributed by atoms with van der Waals surface area (Å²) in [6.07, 6.45) is 9.31. The third kappa shape index (κ3) is 5.64. The molecule has 1 saturated heterocycles. The molecule has 0 bridgehead atoms. The summed E-state index contributed by atoms with van der Waals surface area (Å²) in [6.45, 7) is 0.987. The largest absolute Gasteiger partial charge is 0.474 e. The topological polar surface area (TPSA) is 71.5 Å². The number of rotatable bonds is 6. The Morgan fingerprint density at radius 1 is 1.06 bits per heavy atom. The first-order chi connectivity index (χ1) is 15.1. The minimum atomic E-state index is -0.434. The second-order valence-corrected chi connectivity index (χ2v) is 9.18. The summed E-state index contributed by atoms with van der Waals surface area (Å²) in [4.78, 5) is 31.8. The number of pyridine rings is 1.